The largest absolute Gasteiger partial charge is 0.417 e. The van der Waals surface area contributed by atoms with Gasteiger partial charge in [-0.1, -0.05) is 0 Å². The van der Waals surface area contributed by atoms with E-state index in [0.29, 0.717) is 50.0 Å². The number of anilines is 3. The molecule has 13 heteroatoms. The van der Waals surface area contributed by atoms with Gasteiger partial charge in [0.15, 0.2) is 0 Å². The predicted molar refractivity (Wildman–Crippen MR) is 158 cm³/mol. The molecule has 2 atom stereocenters. The van der Waals surface area contributed by atoms with Crippen LogP contribution in [-0.2, 0) is 10.9 Å². The molecule has 3 heterocycles. The minimum Gasteiger partial charge on any atom is -0.372 e. The van der Waals surface area contributed by atoms with Crippen LogP contribution in [0.4, 0.5) is 39.3 Å². The Bertz CT molecular complexity index is 1520. The molecule has 0 saturated carbocycles. The summed E-state index contributed by atoms with van der Waals surface area (Å²) in [7, 11) is 1.98. The average molecular weight is 619 g/mol. The van der Waals surface area contributed by atoms with Crippen LogP contribution in [0.15, 0.2) is 42.7 Å². The van der Waals surface area contributed by atoms with Crippen LogP contribution >= 0.6 is 0 Å². The summed E-state index contributed by atoms with van der Waals surface area (Å²) in [5.41, 5.74) is -1.75. The van der Waals surface area contributed by atoms with Crippen LogP contribution in [0.5, 0.6) is 0 Å². The Hall–Kier alpha value is -3.84. The van der Waals surface area contributed by atoms with Gasteiger partial charge in [0.1, 0.15) is 11.6 Å². The molecule has 0 aliphatic carbocycles. The maximum atomic E-state index is 15.8. The van der Waals surface area contributed by atoms with Crippen LogP contribution in [-0.4, -0.2) is 78.3 Å². The zero-order valence-corrected chi connectivity index (χ0v) is 25.2. The number of rotatable bonds is 5. The maximum absolute atomic E-state index is 15.8. The summed E-state index contributed by atoms with van der Waals surface area (Å²) in [6.07, 6.45) is -2.03. The fourth-order valence-corrected chi connectivity index (χ4v) is 5.70. The molecule has 0 radical (unpaired) electrons. The van der Waals surface area contributed by atoms with Crippen LogP contribution in [0.1, 0.15) is 43.6 Å². The molecule has 236 valence electrons. The third-order valence-corrected chi connectivity index (χ3v) is 8.22. The quantitative estimate of drug-likeness (QED) is 0.361. The van der Waals surface area contributed by atoms with Crippen molar-refractivity contribution in [3.63, 3.8) is 0 Å². The first-order chi connectivity index (χ1) is 20.6. The van der Waals surface area contributed by atoms with Crippen molar-refractivity contribution in [3.05, 3.63) is 65.5 Å². The number of morpholine rings is 1. The second-order valence-electron chi connectivity index (χ2n) is 12.1. The number of hydrogen-bond donors (Lipinski definition) is 1. The number of carbonyl (C=O) groups excluding carboxylic acids is 1. The molecular weight excluding hydrogens is 583 g/mol. The Labute approximate surface area is 252 Å². The van der Waals surface area contributed by atoms with E-state index in [0.717, 1.165) is 12.1 Å². The number of halogens is 5. The van der Waals surface area contributed by atoms with Crippen LogP contribution < -0.4 is 15.1 Å². The van der Waals surface area contributed by atoms with Gasteiger partial charge in [-0.2, -0.15) is 13.2 Å². The van der Waals surface area contributed by atoms with E-state index in [1.165, 1.54) is 24.5 Å². The van der Waals surface area contributed by atoms with Gasteiger partial charge >= 0.3 is 6.18 Å². The van der Waals surface area contributed by atoms with Crippen molar-refractivity contribution in [1.29, 1.82) is 0 Å². The van der Waals surface area contributed by atoms with Gasteiger partial charge in [-0.3, -0.25) is 9.69 Å². The first-order valence-corrected chi connectivity index (χ1v) is 14.3. The van der Waals surface area contributed by atoms with E-state index in [9.17, 15) is 22.4 Å². The molecule has 2 saturated heterocycles. The molecule has 2 fully saturated rings. The van der Waals surface area contributed by atoms with Crippen molar-refractivity contribution in [2.24, 2.45) is 0 Å². The van der Waals surface area contributed by atoms with Gasteiger partial charge in [0, 0.05) is 61.8 Å². The van der Waals surface area contributed by atoms with E-state index in [4.69, 9.17) is 4.74 Å². The lowest BCUT2D eigenvalue weighted by Gasteiger charge is -2.44. The first-order valence-electron chi connectivity index (χ1n) is 14.3. The lowest BCUT2D eigenvalue weighted by molar-refractivity contribution is -0.138. The van der Waals surface area contributed by atoms with Crippen molar-refractivity contribution >= 4 is 23.2 Å². The Balaban J connectivity index is 1.53. The molecule has 2 unspecified atom stereocenters. The summed E-state index contributed by atoms with van der Waals surface area (Å²) in [5.74, 6) is -2.39. The molecule has 8 nitrogen and oxygen atoms in total. The number of alkyl halides is 3. The van der Waals surface area contributed by atoms with Crippen LogP contribution in [0, 0.1) is 11.6 Å². The third kappa shape index (κ3) is 6.63. The lowest BCUT2D eigenvalue weighted by atomic mass is 10.0. The summed E-state index contributed by atoms with van der Waals surface area (Å²) >= 11 is 0. The van der Waals surface area contributed by atoms with Crippen molar-refractivity contribution in [2.75, 3.05) is 55.0 Å². The molecule has 3 aromatic rings. The first kappa shape index (κ1) is 31.6. The van der Waals surface area contributed by atoms with Gasteiger partial charge in [-0.05, 0) is 65.1 Å². The predicted octanol–water partition coefficient (Wildman–Crippen LogP) is 5.84. The van der Waals surface area contributed by atoms with Gasteiger partial charge in [0.05, 0.1) is 34.7 Å². The molecule has 5 rings (SSSR count). The minimum absolute atomic E-state index is 0.0586. The zero-order chi connectivity index (χ0) is 32.0. The molecule has 2 aliphatic heterocycles. The standard InChI is InChI=1S/C31H35F5N6O2/c1-18-15-42(16-19(2)40(18)5)27-12-25(33)23(20-13-37-29(38-14-20)41-8-9-44-30(3,4)17-41)11-26(27)39-28(43)22-7-6-21(32)10-24(22)31(34,35)36/h6-7,10-14,18-19H,8-9,15-17H2,1-5H3,(H,39,43). The van der Waals surface area contributed by atoms with E-state index in [1.807, 2.05) is 44.5 Å². The maximum Gasteiger partial charge on any atom is 0.417 e. The summed E-state index contributed by atoms with van der Waals surface area (Å²) in [4.78, 5) is 28.2. The normalized spacial score (nSPS) is 21.0. The monoisotopic (exact) mass is 618 g/mol. The fourth-order valence-electron chi connectivity index (χ4n) is 5.70. The van der Waals surface area contributed by atoms with Crippen molar-refractivity contribution in [1.82, 2.24) is 14.9 Å². The number of nitrogens with zero attached hydrogens (tertiary/aromatic N) is 5. The van der Waals surface area contributed by atoms with Crippen molar-refractivity contribution in [2.45, 2.75) is 51.6 Å². The molecule has 44 heavy (non-hydrogen) atoms. The molecule has 2 aromatic carbocycles. The Kier molecular flexibility index (Phi) is 8.56. The van der Waals surface area contributed by atoms with E-state index < -0.39 is 34.8 Å². The highest BCUT2D eigenvalue weighted by atomic mass is 19.4. The number of piperazine rings is 1. The Morgan fingerprint density at radius 2 is 1.68 bits per heavy atom. The number of ether oxygens (including phenoxy) is 1. The topological polar surface area (TPSA) is 73.8 Å². The van der Waals surface area contributed by atoms with Crippen LogP contribution in [0.25, 0.3) is 11.1 Å². The molecule has 1 amide bonds. The van der Waals surface area contributed by atoms with Crippen LogP contribution in [0.3, 0.4) is 0 Å². The average Bonchev–Trinajstić information content (AvgIpc) is 2.95. The summed E-state index contributed by atoms with van der Waals surface area (Å²) in [5, 5.41) is 2.56. The highest BCUT2D eigenvalue weighted by molar-refractivity contribution is 6.07. The summed E-state index contributed by atoms with van der Waals surface area (Å²) < 4.78 is 76.5. The van der Waals surface area contributed by atoms with E-state index in [2.05, 4.69) is 20.2 Å². The van der Waals surface area contributed by atoms with Crippen molar-refractivity contribution < 1.29 is 31.5 Å². The number of amides is 1. The molecular formula is C31H35F5N6O2. The van der Waals surface area contributed by atoms with Gasteiger partial charge in [0.2, 0.25) is 5.95 Å². The summed E-state index contributed by atoms with van der Waals surface area (Å²) in [6, 6.07) is 4.66. The van der Waals surface area contributed by atoms with E-state index in [-0.39, 0.29) is 35.0 Å². The minimum atomic E-state index is -4.97. The van der Waals surface area contributed by atoms with Crippen LogP contribution in [0.2, 0.25) is 0 Å². The second kappa shape index (κ2) is 11.9. The Morgan fingerprint density at radius 1 is 1.02 bits per heavy atom. The van der Waals surface area contributed by atoms with Crippen molar-refractivity contribution in [3.8, 4) is 11.1 Å². The molecule has 1 aromatic heterocycles. The highest BCUT2D eigenvalue weighted by Crippen LogP contribution is 2.38. The number of nitrogens with one attached hydrogen (secondary N) is 1. The number of aromatic nitrogens is 2. The Morgan fingerprint density at radius 3 is 2.30 bits per heavy atom. The van der Waals surface area contributed by atoms with Gasteiger partial charge in [0.25, 0.3) is 5.91 Å². The number of likely N-dealkylation sites (N-methyl/N-ethyl adjacent to an activating group) is 1. The third-order valence-electron chi connectivity index (χ3n) is 8.22. The van der Waals surface area contributed by atoms with Gasteiger partial charge in [-0.25, -0.2) is 18.7 Å². The van der Waals surface area contributed by atoms with Gasteiger partial charge in [-0.15, -0.1) is 0 Å². The zero-order valence-electron chi connectivity index (χ0n) is 25.2. The highest BCUT2D eigenvalue weighted by Gasteiger charge is 2.36. The number of benzene rings is 2. The molecule has 0 bridgehead atoms. The number of hydrogen-bond acceptors (Lipinski definition) is 7. The number of carbonyl (C=O) groups is 1. The summed E-state index contributed by atoms with van der Waals surface area (Å²) in [6.45, 7) is 10.6. The lowest BCUT2D eigenvalue weighted by Crippen LogP contribution is -2.55. The molecule has 1 N–H and O–H groups in total. The molecule has 0 spiro atoms. The van der Waals surface area contributed by atoms with E-state index in [1.54, 1.807) is 0 Å². The smallest absolute Gasteiger partial charge is 0.372 e. The fraction of sp³-hybridized carbons (Fsp3) is 0.452. The second-order valence-corrected chi connectivity index (χ2v) is 12.1. The molecule has 2 aliphatic rings. The SMILES string of the molecule is CC1CN(c2cc(F)c(-c3cnc(N4CCOC(C)(C)C4)nc3)cc2NC(=O)c2ccc(F)cc2C(F)(F)F)CC(C)N1C. The van der Waals surface area contributed by atoms with E-state index >= 15 is 4.39 Å². The van der Waals surface area contributed by atoms with Gasteiger partial charge < -0.3 is 19.9 Å².